The minimum absolute atomic E-state index is 0.214. The third kappa shape index (κ3) is 4.21. The van der Waals surface area contributed by atoms with Gasteiger partial charge in [0.15, 0.2) is 6.29 Å². The highest BCUT2D eigenvalue weighted by Crippen LogP contribution is 2.28. The van der Waals surface area contributed by atoms with Crippen LogP contribution in [0.4, 0.5) is 4.79 Å². The summed E-state index contributed by atoms with van der Waals surface area (Å²) >= 11 is 0. The molecule has 0 saturated carbocycles. The van der Waals surface area contributed by atoms with Crippen molar-refractivity contribution in [3.63, 3.8) is 0 Å². The van der Waals surface area contributed by atoms with Gasteiger partial charge in [-0.05, 0) is 17.7 Å². The molecule has 1 amide bonds. The monoisotopic (exact) mass is 330 g/mol. The Kier molecular flexibility index (Phi) is 5.25. The average molecular weight is 330 g/mol. The lowest BCUT2D eigenvalue weighted by molar-refractivity contribution is -0.0440. The van der Waals surface area contributed by atoms with E-state index in [2.05, 4.69) is 10.3 Å². The van der Waals surface area contributed by atoms with Crippen molar-refractivity contribution >= 4 is 6.09 Å². The van der Waals surface area contributed by atoms with Crippen LogP contribution in [0.25, 0.3) is 11.1 Å². The molecule has 1 aromatic heterocycles. The van der Waals surface area contributed by atoms with Crippen molar-refractivity contribution in [3.8, 4) is 16.9 Å². The molecule has 0 atom stereocenters. The van der Waals surface area contributed by atoms with Gasteiger partial charge in [0.1, 0.15) is 12.4 Å². The van der Waals surface area contributed by atoms with E-state index in [-0.39, 0.29) is 19.4 Å². The van der Waals surface area contributed by atoms with Gasteiger partial charge < -0.3 is 24.6 Å². The molecule has 0 spiro atoms. The van der Waals surface area contributed by atoms with Crippen LogP contribution < -0.4 is 10.1 Å². The number of amides is 1. The zero-order valence-electron chi connectivity index (χ0n) is 13.0. The summed E-state index contributed by atoms with van der Waals surface area (Å²) in [7, 11) is 0. The number of ether oxygens (including phenoxy) is 3. The van der Waals surface area contributed by atoms with Gasteiger partial charge in [0.05, 0.1) is 26.0 Å². The van der Waals surface area contributed by atoms with Crippen LogP contribution in [-0.2, 0) is 9.47 Å². The number of hydrogen-bond donors (Lipinski definition) is 2. The van der Waals surface area contributed by atoms with Crippen molar-refractivity contribution < 1.29 is 24.1 Å². The molecular weight excluding hydrogens is 312 g/mol. The number of carbonyl (C=O) groups is 1. The number of nitrogens with zero attached hydrogens (tertiary/aromatic N) is 1. The van der Waals surface area contributed by atoms with Gasteiger partial charge in [-0.1, -0.05) is 18.2 Å². The molecule has 0 aliphatic carbocycles. The summed E-state index contributed by atoms with van der Waals surface area (Å²) in [6, 6.07) is 9.75. The van der Waals surface area contributed by atoms with Gasteiger partial charge in [-0.3, -0.25) is 4.98 Å². The fourth-order valence-electron chi connectivity index (χ4n) is 2.40. The van der Waals surface area contributed by atoms with Gasteiger partial charge in [-0.25, -0.2) is 4.79 Å². The molecule has 0 radical (unpaired) electrons. The fraction of sp³-hybridized carbons (Fsp3) is 0.294. The highest BCUT2D eigenvalue weighted by molar-refractivity contribution is 5.65. The molecule has 1 aromatic carbocycles. The highest BCUT2D eigenvalue weighted by atomic mass is 16.7. The zero-order chi connectivity index (χ0) is 16.8. The third-order valence-electron chi connectivity index (χ3n) is 3.47. The number of aromatic nitrogens is 1. The Labute approximate surface area is 139 Å². The first kappa shape index (κ1) is 16.2. The van der Waals surface area contributed by atoms with Gasteiger partial charge >= 0.3 is 6.09 Å². The quantitative estimate of drug-likeness (QED) is 0.791. The van der Waals surface area contributed by atoms with E-state index in [1.165, 1.54) is 0 Å². The molecular formula is C17H18N2O5. The maximum absolute atomic E-state index is 10.4. The van der Waals surface area contributed by atoms with E-state index in [1.54, 1.807) is 12.4 Å². The molecule has 1 saturated heterocycles. The fourth-order valence-corrected chi connectivity index (χ4v) is 2.40. The van der Waals surface area contributed by atoms with E-state index >= 15 is 0 Å². The predicted octanol–water partition coefficient (Wildman–Crippen LogP) is 2.44. The average Bonchev–Trinajstić information content (AvgIpc) is 3.14. The van der Waals surface area contributed by atoms with Crippen LogP contribution in [0.3, 0.4) is 0 Å². The van der Waals surface area contributed by atoms with E-state index in [0.29, 0.717) is 19.0 Å². The van der Waals surface area contributed by atoms with Crippen molar-refractivity contribution in [2.45, 2.75) is 6.29 Å². The van der Waals surface area contributed by atoms with E-state index in [4.69, 9.17) is 19.3 Å². The number of pyridine rings is 1. The molecule has 126 valence electrons. The van der Waals surface area contributed by atoms with Crippen LogP contribution >= 0.6 is 0 Å². The predicted molar refractivity (Wildman–Crippen MR) is 85.8 cm³/mol. The van der Waals surface area contributed by atoms with Crippen molar-refractivity contribution in [1.29, 1.82) is 0 Å². The minimum atomic E-state index is -1.07. The molecule has 7 heteroatoms. The molecule has 7 nitrogen and oxygen atoms in total. The molecule has 2 heterocycles. The van der Waals surface area contributed by atoms with Crippen LogP contribution in [0.5, 0.6) is 5.75 Å². The Morgan fingerprint density at radius 1 is 1.25 bits per heavy atom. The Hall–Kier alpha value is -2.64. The molecule has 1 fully saturated rings. The summed E-state index contributed by atoms with van der Waals surface area (Å²) in [4.78, 5) is 14.6. The lowest BCUT2D eigenvalue weighted by atomic mass is 10.0. The Morgan fingerprint density at radius 2 is 2.08 bits per heavy atom. The normalized spacial score (nSPS) is 14.5. The summed E-state index contributed by atoms with van der Waals surface area (Å²) in [5.74, 6) is 0.582. The Morgan fingerprint density at radius 3 is 2.88 bits per heavy atom. The second-order valence-corrected chi connectivity index (χ2v) is 5.19. The molecule has 0 bridgehead atoms. The number of rotatable bonds is 6. The Bertz CT molecular complexity index is 701. The second-order valence-electron chi connectivity index (χ2n) is 5.19. The molecule has 2 aromatic rings. The van der Waals surface area contributed by atoms with Crippen LogP contribution in [-0.4, -0.2) is 42.5 Å². The number of benzene rings is 1. The molecule has 1 aliphatic rings. The van der Waals surface area contributed by atoms with Crippen molar-refractivity contribution in [3.05, 3.63) is 48.3 Å². The number of hydrogen-bond acceptors (Lipinski definition) is 5. The van der Waals surface area contributed by atoms with Crippen LogP contribution in [0.15, 0.2) is 42.7 Å². The first-order valence-electron chi connectivity index (χ1n) is 7.60. The number of carboxylic acid groups (broad SMARTS) is 1. The van der Waals surface area contributed by atoms with Gasteiger partial charge in [0, 0.05) is 17.3 Å². The molecule has 1 aliphatic heterocycles. The van der Waals surface area contributed by atoms with E-state index in [1.807, 2.05) is 30.3 Å². The van der Waals surface area contributed by atoms with Gasteiger partial charge in [-0.15, -0.1) is 0 Å². The summed E-state index contributed by atoms with van der Waals surface area (Å²) in [5, 5.41) is 10.8. The first-order chi connectivity index (χ1) is 11.7. The van der Waals surface area contributed by atoms with Crippen LogP contribution in [0.1, 0.15) is 11.9 Å². The molecule has 3 rings (SSSR count). The largest absolute Gasteiger partial charge is 0.490 e. The summed E-state index contributed by atoms with van der Waals surface area (Å²) in [6.07, 6.45) is 1.95. The third-order valence-corrected chi connectivity index (χ3v) is 3.47. The van der Waals surface area contributed by atoms with E-state index < -0.39 is 6.09 Å². The SMILES string of the molecule is O=C(O)NCCOc1cncc(-c2cccc(C3OCCO3)c2)c1. The topological polar surface area (TPSA) is 89.9 Å². The zero-order valence-corrected chi connectivity index (χ0v) is 13.0. The first-order valence-corrected chi connectivity index (χ1v) is 7.60. The van der Waals surface area contributed by atoms with Crippen LogP contribution in [0, 0.1) is 0 Å². The maximum Gasteiger partial charge on any atom is 0.404 e. The van der Waals surface area contributed by atoms with Crippen molar-refractivity contribution in [2.75, 3.05) is 26.4 Å². The molecule has 0 unspecified atom stereocenters. The molecule has 2 N–H and O–H groups in total. The van der Waals surface area contributed by atoms with E-state index in [9.17, 15) is 4.79 Å². The maximum atomic E-state index is 10.4. The van der Waals surface area contributed by atoms with Crippen molar-refractivity contribution in [1.82, 2.24) is 10.3 Å². The smallest absolute Gasteiger partial charge is 0.404 e. The van der Waals surface area contributed by atoms with Gasteiger partial charge in [-0.2, -0.15) is 0 Å². The van der Waals surface area contributed by atoms with Gasteiger partial charge in [0.25, 0.3) is 0 Å². The van der Waals surface area contributed by atoms with Gasteiger partial charge in [0.2, 0.25) is 0 Å². The Balaban J connectivity index is 1.69. The summed E-state index contributed by atoms with van der Waals surface area (Å²) < 4.78 is 16.6. The molecule has 24 heavy (non-hydrogen) atoms. The second kappa shape index (κ2) is 7.76. The summed E-state index contributed by atoms with van der Waals surface area (Å²) in [6.45, 7) is 1.65. The lowest BCUT2D eigenvalue weighted by Gasteiger charge is -2.12. The summed E-state index contributed by atoms with van der Waals surface area (Å²) in [5.41, 5.74) is 2.84. The van der Waals surface area contributed by atoms with Crippen LogP contribution in [0.2, 0.25) is 0 Å². The van der Waals surface area contributed by atoms with E-state index in [0.717, 1.165) is 16.7 Å². The highest BCUT2D eigenvalue weighted by Gasteiger charge is 2.18. The minimum Gasteiger partial charge on any atom is -0.490 e. The standard InChI is InChI=1S/C17H18N2O5/c20-17(21)19-4-5-22-15-9-14(10-18-11-15)12-2-1-3-13(8-12)16-23-6-7-24-16/h1-3,8-11,16,19H,4-7H2,(H,20,21). The number of nitrogens with one attached hydrogen (secondary N) is 1. The van der Waals surface area contributed by atoms with Crippen molar-refractivity contribution in [2.24, 2.45) is 0 Å². The lowest BCUT2D eigenvalue weighted by Crippen LogP contribution is -2.26.